The molecule has 1 rings (SSSR count). The molecular formula is C8H6BrF3O. The summed E-state index contributed by atoms with van der Waals surface area (Å²) in [5, 5.41) is 0. The molecule has 0 unspecified atom stereocenters. The lowest BCUT2D eigenvalue weighted by Crippen LogP contribution is -2.17. The number of aryl methyl sites for hydroxylation is 1. The third kappa shape index (κ3) is 3.67. The largest absolute Gasteiger partial charge is 0.573 e. The molecule has 0 bridgehead atoms. The van der Waals surface area contributed by atoms with Crippen molar-refractivity contribution in [1.82, 2.24) is 0 Å². The first kappa shape index (κ1) is 10.4. The van der Waals surface area contributed by atoms with Crippen LogP contribution in [0.25, 0.3) is 0 Å². The van der Waals surface area contributed by atoms with Crippen LogP contribution in [0.4, 0.5) is 13.2 Å². The zero-order chi connectivity index (χ0) is 10.1. The number of benzene rings is 1. The first-order valence-corrected chi connectivity index (χ1v) is 4.19. The lowest BCUT2D eigenvalue weighted by Gasteiger charge is -2.09. The average molecular weight is 255 g/mol. The number of hydrogen-bond acceptors (Lipinski definition) is 1. The third-order valence-electron chi connectivity index (χ3n) is 1.25. The first-order chi connectivity index (χ1) is 5.87. The number of alkyl halides is 3. The second-order valence-electron chi connectivity index (χ2n) is 2.51. The Morgan fingerprint density at radius 1 is 1.23 bits per heavy atom. The van der Waals surface area contributed by atoms with Crippen molar-refractivity contribution in [2.45, 2.75) is 13.3 Å². The Morgan fingerprint density at radius 2 is 1.85 bits per heavy atom. The highest BCUT2D eigenvalue weighted by Crippen LogP contribution is 2.26. The van der Waals surface area contributed by atoms with Crippen LogP contribution in [0.2, 0.25) is 0 Å². The van der Waals surface area contributed by atoms with E-state index in [2.05, 4.69) is 20.7 Å². The van der Waals surface area contributed by atoms with Crippen molar-refractivity contribution in [2.75, 3.05) is 0 Å². The number of rotatable bonds is 1. The predicted molar refractivity (Wildman–Crippen MR) is 45.6 cm³/mol. The zero-order valence-corrected chi connectivity index (χ0v) is 8.24. The minimum Gasteiger partial charge on any atom is -0.406 e. The van der Waals surface area contributed by atoms with Crippen molar-refractivity contribution in [3.63, 3.8) is 0 Å². The van der Waals surface area contributed by atoms with Crippen LogP contribution in [-0.4, -0.2) is 6.36 Å². The van der Waals surface area contributed by atoms with Crippen LogP contribution in [0.15, 0.2) is 22.7 Å². The Morgan fingerprint density at radius 3 is 2.31 bits per heavy atom. The van der Waals surface area contributed by atoms with Gasteiger partial charge in [-0.1, -0.05) is 15.9 Å². The molecular weight excluding hydrogens is 249 g/mol. The molecule has 0 radical (unpaired) electrons. The normalized spacial score (nSPS) is 11.5. The summed E-state index contributed by atoms with van der Waals surface area (Å²) in [5.41, 5.74) is 0.702. The smallest absolute Gasteiger partial charge is 0.406 e. The summed E-state index contributed by atoms with van der Waals surface area (Å²) in [7, 11) is 0. The van der Waals surface area contributed by atoms with E-state index in [0.29, 0.717) is 10.0 Å². The molecule has 0 heterocycles. The van der Waals surface area contributed by atoms with Gasteiger partial charge in [-0.2, -0.15) is 0 Å². The van der Waals surface area contributed by atoms with Crippen LogP contribution >= 0.6 is 15.9 Å². The van der Waals surface area contributed by atoms with Crippen LogP contribution in [0, 0.1) is 6.92 Å². The molecule has 0 aliphatic heterocycles. The Bertz CT molecular complexity index is 288. The maximum atomic E-state index is 11.8. The first-order valence-electron chi connectivity index (χ1n) is 3.40. The molecule has 0 N–H and O–H groups in total. The van der Waals surface area contributed by atoms with Crippen molar-refractivity contribution in [2.24, 2.45) is 0 Å². The van der Waals surface area contributed by atoms with E-state index >= 15 is 0 Å². The maximum Gasteiger partial charge on any atom is 0.573 e. The molecule has 72 valence electrons. The second-order valence-corrected chi connectivity index (χ2v) is 3.43. The van der Waals surface area contributed by atoms with Crippen molar-refractivity contribution in [3.8, 4) is 5.75 Å². The van der Waals surface area contributed by atoms with E-state index in [-0.39, 0.29) is 5.75 Å². The summed E-state index contributed by atoms with van der Waals surface area (Å²) in [5.74, 6) is -0.209. The molecule has 0 saturated carbocycles. The molecule has 13 heavy (non-hydrogen) atoms. The van der Waals surface area contributed by atoms with Gasteiger partial charge in [0.1, 0.15) is 5.75 Å². The summed E-state index contributed by atoms with van der Waals surface area (Å²) in [6.07, 6.45) is -4.63. The molecule has 0 spiro atoms. The molecule has 0 atom stereocenters. The Hall–Kier alpha value is -0.710. The van der Waals surface area contributed by atoms with Crippen LogP contribution in [0.5, 0.6) is 5.75 Å². The van der Waals surface area contributed by atoms with Crippen molar-refractivity contribution < 1.29 is 17.9 Å². The predicted octanol–water partition coefficient (Wildman–Crippen LogP) is 3.66. The molecule has 0 saturated heterocycles. The van der Waals surface area contributed by atoms with Gasteiger partial charge in [0.05, 0.1) is 0 Å². The summed E-state index contributed by atoms with van der Waals surface area (Å²) in [6.45, 7) is 1.69. The summed E-state index contributed by atoms with van der Waals surface area (Å²) < 4.78 is 39.6. The number of ether oxygens (including phenoxy) is 1. The highest BCUT2D eigenvalue weighted by Gasteiger charge is 2.31. The SMILES string of the molecule is Cc1cc(Br)cc(OC(F)(F)F)c1. The zero-order valence-electron chi connectivity index (χ0n) is 6.65. The molecule has 5 heteroatoms. The fourth-order valence-corrected chi connectivity index (χ4v) is 1.48. The fraction of sp³-hybridized carbons (Fsp3) is 0.250. The Labute approximate surface area is 81.6 Å². The Balaban J connectivity index is 2.90. The molecule has 1 aromatic rings. The third-order valence-corrected chi connectivity index (χ3v) is 1.71. The van der Waals surface area contributed by atoms with E-state index in [9.17, 15) is 13.2 Å². The summed E-state index contributed by atoms with van der Waals surface area (Å²) in [4.78, 5) is 0. The van der Waals surface area contributed by atoms with Crippen LogP contribution in [0.3, 0.4) is 0 Å². The average Bonchev–Trinajstić information content (AvgIpc) is 1.78. The summed E-state index contributed by atoms with van der Waals surface area (Å²) in [6, 6.07) is 4.28. The molecule has 1 nitrogen and oxygen atoms in total. The van der Waals surface area contributed by atoms with Gasteiger partial charge in [-0.3, -0.25) is 0 Å². The van der Waals surface area contributed by atoms with E-state index in [1.54, 1.807) is 13.0 Å². The fourth-order valence-electron chi connectivity index (χ4n) is 0.895. The van der Waals surface area contributed by atoms with Gasteiger partial charge in [0.25, 0.3) is 0 Å². The van der Waals surface area contributed by atoms with Gasteiger partial charge in [0.15, 0.2) is 0 Å². The maximum absolute atomic E-state index is 11.8. The molecule has 0 aromatic heterocycles. The van der Waals surface area contributed by atoms with Gasteiger partial charge in [-0.25, -0.2) is 0 Å². The monoisotopic (exact) mass is 254 g/mol. The minimum atomic E-state index is -4.63. The topological polar surface area (TPSA) is 9.23 Å². The van der Waals surface area contributed by atoms with Gasteiger partial charge >= 0.3 is 6.36 Å². The molecule has 0 fully saturated rings. The van der Waals surface area contributed by atoms with Crippen LogP contribution in [0.1, 0.15) is 5.56 Å². The highest BCUT2D eigenvalue weighted by atomic mass is 79.9. The molecule has 1 aromatic carbocycles. The van der Waals surface area contributed by atoms with Gasteiger partial charge in [-0.05, 0) is 30.7 Å². The van der Waals surface area contributed by atoms with E-state index < -0.39 is 6.36 Å². The lowest BCUT2D eigenvalue weighted by atomic mass is 10.2. The summed E-state index contributed by atoms with van der Waals surface area (Å²) >= 11 is 3.07. The molecule has 0 amide bonds. The minimum absolute atomic E-state index is 0.209. The van der Waals surface area contributed by atoms with E-state index in [4.69, 9.17) is 0 Å². The molecule has 0 aliphatic carbocycles. The van der Waals surface area contributed by atoms with Gasteiger partial charge in [0.2, 0.25) is 0 Å². The van der Waals surface area contributed by atoms with Crippen LogP contribution < -0.4 is 4.74 Å². The quantitative estimate of drug-likeness (QED) is 0.744. The number of halogens is 4. The lowest BCUT2D eigenvalue weighted by molar-refractivity contribution is -0.274. The van der Waals surface area contributed by atoms with Crippen molar-refractivity contribution >= 4 is 15.9 Å². The number of hydrogen-bond donors (Lipinski definition) is 0. The Kier molecular flexibility index (Phi) is 2.85. The van der Waals surface area contributed by atoms with Crippen molar-refractivity contribution in [1.29, 1.82) is 0 Å². The van der Waals surface area contributed by atoms with Crippen LogP contribution in [-0.2, 0) is 0 Å². The standard InChI is InChI=1S/C8H6BrF3O/c1-5-2-6(9)4-7(3-5)13-8(10,11)12/h2-4H,1H3. The van der Waals surface area contributed by atoms with E-state index in [0.717, 1.165) is 0 Å². The van der Waals surface area contributed by atoms with E-state index in [1.165, 1.54) is 12.1 Å². The van der Waals surface area contributed by atoms with E-state index in [1.807, 2.05) is 0 Å². The van der Waals surface area contributed by atoms with Gasteiger partial charge in [-0.15, -0.1) is 13.2 Å². The second kappa shape index (κ2) is 3.57. The highest BCUT2D eigenvalue weighted by molar-refractivity contribution is 9.10. The molecule has 0 aliphatic rings. The van der Waals surface area contributed by atoms with Gasteiger partial charge in [0, 0.05) is 4.47 Å². The van der Waals surface area contributed by atoms with Gasteiger partial charge < -0.3 is 4.74 Å². The van der Waals surface area contributed by atoms with Crippen molar-refractivity contribution in [3.05, 3.63) is 28.2 Å².